The predicted molar refractivity (Wildman–Crippen MR) is 84.4 cm³/mol. The number of ether oxygens (including phenoxy) is 1. The maximum atomic E-state index is 11.8. The quantitative estimate of drug-likeness (QED) is 0.836. The first-order valence-corrected chi connectivity index (χ1v) is 8.37. The molecule has 122 valence electrons. The zero-order chi connectivity index (χ0) is 15.3. The van der Waals surface area contributed by atoms with E-state index >= 15 is 0 Å². The van der Waals surface area contributed by atoms with Crippen LogP contribution in [0.4, 0.5) is 4.79 Å². The van der Waals surface area contributed by atoms with Crippen LogP contribution in [-0.2, 0) is 4.74 Å². The minimum Gasteiger partial charge on any atom is -0.444 e. The minimum absolute atomic E-state index is 0.285. The molecular formula is C16H31N3O2. The zero-order valence-electron chi connectivity index (χ0n) is 13.8. The van der Waals surface area contributed by atoms with Gasteiger partial charge in [-0.05, 0) is 39.5 Å². The number of alkyl carbamates (subject to hydrolysis) is 1. The fraction of sp³-hybridized carbons (Fsp3) is 0.938. The number of carbonyl (C=O) groups is 1. The van der Waals surface area contributed by atoms with Gasteiger partial charge in [-0.3, -0.25) is 4.90 Å². The standard InChI is InChI=1S/C16H31N3O2/c1-16(2,3)21-15(20)18-12-13-6-4-5-7-14(13)19-10-8-17-9-11-19/h13-14,17H,4-12H2,1-3H3,(H,18,20)/t13-,14+/m0/s1. The number of hydrogen-bond donors (Lipinski definition) is 2. The second kappa shape index (κ2) is 7.45. The second-order valence-electron chi connectivity index (χ2n) is 7.28. The van der Waals surface area contributed by atoms with Crippen LogP contribution in [0.15, 0.2) is 0 Å². The van der Waals surface area contributed by atoms with Gasteiger partial charge in [0.1, 0.15) is 5.60 Å². The van der Waals surface area contributed by atoms with E-state index in [1.54, 1.807) is 0 Å². The van der Waals surface area contributed by atoms with Crippen molar-refractivity contribution >= 4 is 6.09 Å². The molecule has 21 heavy (non-hydrogen) atoms. The summed E-state index contributed by atoms with van der Waals surface area (Å²) in [6.07, 6.45) is 4.79. The maximum absolute atomic E-state index is 11.8. The molecule has 0 aromatic carbocycles. The highest BCUT2D eigenvalue weighted by atomic mass is 16.6. The van der Waals surface area contributed by atoms with E-state index in [0.717, 1.165) is 32.7 Å². The molecule has 1 saturated heterocycles. The fourth-order valence-electron chi connectivity index (χ4n) is 3.45. The molecule has 0 spiro atoms. The molecule has 1 heterocycles. The van der Waals surface area contributed by atoms with E-state index in [1.807, 2.05) is 20.8 Å². The van der Waals surface area contributed by atoms with Gasteiger partial charge in [-0.1, -0.05) is 12.8 Å². The smallest absolute Gasteiger partial charge is 0.407 e. The topological polar surface area (TPSA) is 53.6 Å². The number of amides is 1. The number of hydrogen-bond acceptors (Lipinski definition) is 4. The van der Waals surface area contributed by atoms with Crippen molar-refractivity contribution in [3.63, 3.8) is 0 Å². The van der Waals surface area contributed by atoms with Gasteiger partial charge in [0.2, 0.25) is 0 Å². The molecule has 5 nitrogen and oxygen atoms in total. The van der Waals surface area contributed by atoms with Crippen LogP contribution in [0.1, 0.15) is 46.5 Å². The van der Waals surface area contributed by atoms with Crippen LogP contribution in [-0.4, -0.2) is 55.4 Å². The Balaban J connectivity index is 1.82. The summed E-state index contributed by atoms with van der Waals surface area (Å²) in [6, 6.07) is 0.621. The van der Waals surface area contributed by atoms with Crippen molar-refractivity contribution < 1.29 is 9.53 Å². The van der Waals surface area contributed by atoms with Crippen LogP contribution in [0.5, 0.6) is 0 Å². The SMILES string of the molecule is CC(C)(C)OC(=O)NC[C@@H]1CCCC[C@H]1N1CCNCC1. The number of nitrogens with zero attached hydrogens (tertiary/aromatic N) is 1. The average Bonchev–Trinajstić information content (AvgIpc) is 2.45. The van der Waals surface area contributed by atoms with E-state index in [0.29, 0.717) is 12.0 Å². The predicted octanol–water partition coefficient (Wildman–Crippen LogP) is 1.98. The highest BCUT2D eigenvalue weighted by molar-refractivity contribution is 5.67. The number of rotatable bonds is 3. The van der Waals surface area contributed by atoms with Crippen molar-refractivity contribution in [1.82, 2.24) is 15.5 Å². The van der Waals surface area contributed by atoms with E-state index in [2.05, 4.69) is 15.5 Å². The van der Waals surface area contributed by atoms with Gasteiger partial charge in [-0.2, -0.15) is 0 Å². The van der Waals surface area contributed by atoms with Crippen LogP contribution >= 0.6 is 0 Å². The van der Waals surface area contributed by atoms with Crippen LogP contribution in [0.2, 0.25) is 0 Å². The zero-order valence-corrected chi connectivity index (χ0v) is 13.8. The lowest BCUT2D eigenvalue weighted by Gasteiger charge is -2.42. The van der Waals surface area contributed by atoms with Crippen LogP contribution in [0.25, 0.3) is 0 Å². The van der Waals surface area contributed by atoms with E-state index in [-0.39, 0.29) is 6.09 Å². The molecule has 5 heteroatoms. The molecular weight excluding hydrogens is 266 g/mol. The molecule has 0 aromatic rings. The summed E-state index contributed by atoms with van der Waals surface area (Å²) >= 11 is 0. The first-order chi connectivity index (χ1) is 9.96. The van der Waals surface area contributed by atoms with Crippen LogP contribution in [0.3, 0.4) is 0 Å². The maximum Gasteiger partial charge on any atom is 0.407 e. The lowest BCUT2D eigenvalue weighted by atomic mass is 9.83. The molecule has 0 bridgehead atoms. The third-order valence-corrected chi connectivity index (χ3v) is 4.40. The first-order valence-electron chi connectivity index (χ1n) is 8.37. The van der Waals surface area contributed by atoms with Gasteiger partial charge in [0.25, 0.3) is 0 Å². The minimum atomic E-state index is -0.422. The van der Waals surface area contributed by atoms with Gasteiger partial charge in [-0.25, -0.2) is 4.79 Å². The molecule has 2 aliphatic rings. The van der Waals surface area contributed by atoms with E-state index in [4.69, 9.17) is 4.74 Å². The molecule has 1 saturated carbocycles. The lowest BCUT2D eigenvalue weighted by Crippen LogP contribution is -2.53. The van der Waals surface area contributed by atoms with E-state index in [1.165, 1.54) is 25.7 Å². The monoisotopic (exact) mass is 297 g/mol. The Hall–Kier alpha value is -0.810. The molecule has 2 atom stereocenters. The summed E-state index contributed by atoms with van der Waals surface area (Å²) in [4.78, 5) is 14.4. The fourth-order valence-corrected chi connectivity index (χ4v) is 3.45. The lowest BCUT2D eigenvalue weighted by molar-refractivity contribution is 0.0473. The molecule has 1 aliphatic carbocycles. The highest BCUT2D eigenvalue weighted by Gasteiger charge is 2.31. The van der Waals surface area contributed by atoms with Crippen molar-refractivity contribution in [2.75, 3.05) is 32.7 Å². The van der Waals surface area contributed by atoms with Gasteiger partial charge < -0.3 is 15.4 Å². The van der Waals surface area contributed by atoms with Crippen molar-refractivity contribution in [3.8, 4) is 0 Å². The Kier molecular flexibility index (Phi) is 5.88. The summed E-state index contributed by atoms with van der Waals surface area (Å²) < 4.78 is 5.34. The van der Waals surface area contributed by atoms with E-state index < -0.39 is 5.60 Å². The van der Waals surface area contributed by atoms with Crippen molar-refractivity contribution in [2.24, 2.45) is 5.92 Å². The van der Waals surface area contributed by atoms with Gasteiger partial charge in [-0.15, -0.1) is 0 Å². The van der Waals surface area contributed by atoms with Crippen molar-refractivity contribution in [3.05, 3.63) is 0 Å². The molecule has 0 radical (unpaired) electrons. The van der Waals surface area contributed by atoms with E-state index in [9.17, 15) is 4.79 Å². The average molecular weight is 297 g/mol. The molecule has 2 fully saturated rings. The Morgan fingerprint density at radius 3 is 2.57 bits per heavy atom. The highest BCUT2D eigenvalue weighted by Crippen LogP contribution is 2.28. The number of piperazine rings is 1. The summed E-state index contributed by atoms with van der Waals surface area (Å²) in [7, 11) is 0. The third kappa shape index (κ3) is 5.47. The summed E-state index contributed by atoms with van der Waals surface area (Å²) in [5.74, 6) is 0.560. The Bertz CT molecular complexity index is 335. The molecule has 1 amide bonds. The van der Waals surface area contributed by atoms with Crippen LogP contribution < -0.4 is 10.6 Å². The Morgan fingerprint density at radius 1 is 1.24 bits per heavy atom. The normalized spacial score (nSPS) is 28.1. The number of nitrogens with one attached hydrogen (secondary N) is 2. The molecule has 0 unspecified atom stereocenters. The summed E-state index contributed by atoms with van der Waals surface area (Å²) in [5, 5.41) is 6.39. The third-order valence-electron chi connectivity index (χ3n) is 4.40. The summed E-state index contributed by atoms with van der Waals surface area (Å²) in [6.45, 7) is 10.9. The van der Waals surface area contributed by atoms with Gasteiger partial charge in [0.05, 0.1) is 0 Å². The molecule has 0 aromatic heterocycles. The molecule has 2 N–H and O–H groups in total. The second-order valence-corrected chi connectivity index (χ2v) is 7.28. The van der Waals surface area contributed by atoms with Crippen molar-refractivity contribution in [1.29, 1.82) is 0 Å². The first kappa shape index (κ1) is 16.6. The van der Waals surface area contributed by atoms with Gasteiger partial charge in [0.15, 0.2) is 0 Å². The van der Waals surface area contributed by atoms with Crippen LogP contribution in [0, 0.1) is 5.92 Å². The summed E-state index contributed by atoms with van der Waals surface area (Å²) in [5.41, 5.74) is -0.422. The molecule has 2 rings (SSSR count). The Morgan fingerprint density at radius 2 is 1.90 bits per heavy atom. The van der Waals surface area contributed by atoms with Crippen molar-refractivity contribution in [2.45, 2.75) is 58.1 Å². The number of carbonyl (C=O) groups excluding carboxylic acids is 1. The largest absolute Gasteiger partial charge is 0.444 e. The molecule has 1 aliphatic heterocycles. The van der Waals surface area contributed by atoms with Gasteiger partial charge >= 0.3 is 6.09 Å². The van der Waals surface area contributed by atoms with Gasteiger partial charge in [0, 0.05) is 38.8 Å². The Labute approximate surface area is 128 Å².